The van der Waals surface area contributed by atoms with E-state index in [9.17, 15) is 0 Å². The molecule has 1 atom stereocenters. The molecule has 0 amide bonds. The van der Waals surface area contributed by atoms with Crippen LogP contribution in [0, 0.1) is 0 Å². The lowest BCUT2D eigenvalue weighted by Crippen LogP contribution is -2.20. The third-order valence-corrected chi connectivity index (χ3v) is 2.47. The highest BCUT2D eigenvalue weighted by Gasteiger charge is 2.00. The molecule has 1 rings (SSSR count). The molecule has 2 heteroatoms. The van der Waals surface area contributed by atoms with Crippen molar-refractivity contribution < 1.29 is 0 Å². The Balaban J connectivity index is 2.40. The van der Waals surface area contributed by atoms with Crippen molar-refractivity contribution in [3.05, 3.63) is 22.4 Å². The first-order valence-corrected chi connectivity index (χ1v) is 4.49. The molecule has 1 aromatic rings. The smallest absolute Gasteiger partial charge is 0.00845 e. The summed E-state index contributed by atoms with van der Waals surface area (Å²) < 4.78 is 0. The van der Waals surface area contributed by atoms with E-state index in [1.54, 1.807) is 11.3 Å². The first-order chi connectivity index (χ1) is 4.83. The minimum atomic E-state index is 0.346. The zero-order valence-corrected chi connectivity index (χ0v) is 7.03. The van der Waals surface area contributed by atoms with Gasteiger partial charge in [0.25, 0.3) is 0 Å². The molecule has 1 heterocycles. The third-order valence-electron chi connectivity index (χ3n) is 1.57. The van der Waals surface area contributed by atoms with Gasteiger partial charge in [-0.2, -0.15) is 0 Å². The molecule has 0 aliphatic carbocycles. The Morgan fingerprint density at radius 2 is 2.50 bits per heavy atom. The molecule has 0 saturated heterocycles. The van der Waals surface area contributed by atoms with E-state index in [-0.39, 0.29) is 0 Å². The molecule has 0 radical (unpaired) electrons. The standard InChI is InChI=1S/C8H13NS/c1-2-7(9)6-8-4-3-5-10-8/h3-5,7H,2,6,9H2,1H3. The van der Waals surface area contributed by atoms with Crippen molar-refractivity contribution in [3.63, 3.8) is 0 Å². The zero-order valence-electron chi connectivity index (χ0n) is 6.21. The van der Waals surface area contributed by atoms with Gasteiger partial charge in [0.15, 0.2) is 0 Å². The molecular weight excluding hydrogens is 142 g/mol. The summed E-state index contributed by atoms with van der Waals surface area (Å²) in [6.07, 6.45) is 2.10. The predicted molar refractivity (Wildman–Crippen MR) is 46.3 cm³/mol. The first kappa shape index (κ1) is 7.76. The van der Waals surface area contributed by atoms with Crippen molar-refractivity contribution in [1.82, 2.24) is 0 Å². The van der Waals surface area contributed by atoms with E-state index < -0.39 is 0 Å². The van der Waals surface area contributed by atoms with Crippen LogP contribution in [0.1, 0.15) is 18.2 Å². The van der Waals surface area contributed by atoms with Crippen molar-refractivity contribution in [2.24, 2.45) is 5.73 Å². The molecule has 1 aromatic heterocycles. The molecule has 1 unspecified atom stereocenters. The normalized spacial score (nSPS) is 13.4. The maximum atomic E-state index is 5.77. The Kier molecular flexibility index (Phi) is 2.90. The summed E-state index contributed by atoms with van der Waals surface area (Å²) in [5.41, 5.74) is 5.77. The van der Waals surface area contributed by atoms with Crippen LogP contribution in [0.4, 0.5) is 0 Å². The minimum absolute atomic E-state index is 0.346. The van der Waals surface area contributed by atoms with E-state index in [1.807, 2.05) is 0 Å². The van der Waals surface area contributed by atoms with Gasteiger partial charge in [0.05, 0.1) is 0 Å². The Morgan fingerprint density at radius 3 is 3.00 bits per heavy atom. The Bertz CT molecular complexity index is 169. The second-order valence-corrected chi connectivity index (χ2v) is 3.48. The van der Waals surface area contributed by atoms with E-state index in [2.05, 4.69) is 24.4 Å². The quantitative estimate of drug-likeness (QED) is 0.710. The van der Waals surface area contributed by atoms with Gasteiger partial charge in [-0.3, -0.25) is 0 Å². The molecule has 0 aromatic carbocycles. The summed E-state index contributed by atoms with van der Waals surface area (Å²) in [6.45, 7) is 2.12. The number of hydrogen-bond donors (Lipinski definition) is 1. The van der Waals surface area contributed by atoms with Crippen LogP contribution in [0.2, 0.25) is 0 Å². The van der Waals surface area contributed by atoms with Gasteiger partial charge >= 0.3 is 0 Å². The third kappa shape index (κ3) is 2.12. The van der Waals surface area contributed by atoms with Gasteiger partial charge in [0.1, 0.15) is 0 Å². The largest absolute Gasteiger partial charge is 0.327 e. The first-order valence-electron chi connectivity index (χ1n) is 3.61. The van der Waals surface area contributed by atoms with Gasteiger partial charge < -0.3 is 5.73 Å². The SMILES string of the molecule is CCC(N)Cc1cccs1. The minimum Gasteiger partial charge on any atom is -0.327 e. The second kappa shape index (κ2) is 3.74. The van der Waals surface area contributed by atoms with Crippen LogP contribution in [0.5, 0.6) is 0 Å². The van der Waals surface area contributed by atoms with Crippen LogP contribution < -0.4 is 5.73 Å². The number of rotatable bonds is 3. The molecule has 0 aliphatic rings. The summed E-state index contributed by atoms with van der Waals surface area (Å²) in [4.78, 5) is 1.40. The predicted octanol–water partition coefficient (Wildman–Crippen LogP) is 2.03. The van der Waals surface area contributed by atoms with Crippen molar-refractivity contribution in [1.29, 1.82) is 0 Å². The van der Waals surface area contributed by atoms with Crippen LogP contribution in [0.25, 0.3) is 0 Å². The average molecular weight is 155 g/mol. The van der Waals surface area contributed by atoms with Gasteiger partial charge in [-0.1, -0.05) is 13.0 Å². The van der Waals surface area contributed by atoms with Crippen molar-refractivity contribution in [3.8, 4) is 0 Å². The molecule has 1 nitrogen and oxygen atoms in total. The number of thiophene rings is 1. The van der Waals surface area contributed by atoms with E-state index in [1.165, 1.54) is 4.88 Å². The van der Waals surface area contributed by atoms with Crippen LogP contribution in [-0.2, 0) is 6.42 Å². The van der Waals surface area contributed by atoms with Gasteiger partial charge in [0.2, 0.25) is 0 Å². The van der Waals surface area contributed by atoms with Gasteiger partial charge in [0, 0.05) is 10.9 Å². The summed E-state index contributed by atoms with van der Waals surface area (Å²) >= 11 is 1.79. The molecule has 2 N–H and O–H groups in total. The number of hydrogen-bond acceptors (Lipinski definition) is 2. The molecule has 0 saturated carbocycles. The highest BCUT2D eigenvalue weighted by Crippen LogP contribution is 2.10. The molecule has 0 fully saturated rings. The summed E-state index contributed by atoms with van der Waals surface area (Å²) in [7, 11) is 0. The van der Waals surface area contributed by atoms with Gasteiger partial charge in [-0.25, -0.2) is 0 Å². The maximum Gasteiger partial charge on any atom is 0.00845 e. The molecule has 0 spiro atoms. The number of nitrogens with two attached hydrogens (primary N) is 1. The van der Waals surface area contributed by atoms with Crippen LogP contribution in [0.15, 0.2) is 17.5 Å². The summed E-state index contributed by atoms with van der Waals surface area (Å²) in [5, 5.41) is 2.09. The average Bonchev–Trinajstić information content (AvgIpc) is 2.40. The molecule has 0 aliphatic heterocycles. The van der Waals surface area contributed by atoms with Crippen molar-refractivity contribution in [2.75, 3.05) is 0 Å². The molecule has 56 valence electrons. The topological polar surface area (TPSA) is 26.0 Å². The fraction of sp³-hybridized carbons (Fsp3) is 0.500. The Hall–Kier alpha value is -0.340. The highest BCUT2D eigenvalue weighted by atomic mass is 32.1. The highest BCUT2D eigenvalue weighted by molar-refractivity contribution is 7.09. The lowest BCUT2D eigenvalue weighted by molar-refractivity contribution is 0.652. The Labute approximate surface area is 65.9 Å². The van der Waals surface area contributed by atoms with Crippen LogP contribution in [-0.4, -0.2) is 6.04 Å². The van der Waals surface area contributed by atoms with Crippen LogP contribution in [0.3, 0.4) is 0 Å². The zero-order chi connectivity index (χ0) is 7.40. The van der Waals surface area contributed by atoms with E-state index >= 15 is 0 Å². The lowest BCUT2D eigenvalue weighted by atomic mass is 10.1. The fourth-order valence-corrected chi connectivity index (χ4v) is 1.63. The van der Waals surface area contributed by atoms with E-state index in [0.29, 0.717) is 6.04 Å². The van der Waals surface area contributed by atoms with Crippen molar-refractivity contribution >= 4 is 11.3 Å². The molecule has 10 heavy (non-hydrogen) atoms. The van der Waals surface area contributed by atoms with E-state index in [0.717, 1.165) is 12.8 Å². The van der Waals surface area contributed by atoms with E-state index in [4.69, 9.17) is 5.73 Å². The summed E-state index contributed by atoms with van der Waals surface area (Å²) in [6, 6.07) is 4.56. The summed E-state index contributed by atoms with van der Waals surface area (Å²) in [5.74, 6) is 0. The second-order valence-electron chi connectivity index (χ2n) is 2.45. The molecular formula is C8H13NS. The maximum absolute atomic E-state index is 5.77. The Morgan fingerprint density at radius 1 is 1.70 bits per heavy atom. The van der Waals surface area contributed by atoms with Gasteiger partial charge in [-0.15, -0.1) is 11.3 Å². The lowest BCUT2D eigenvalue weighted by Gasteiger charge is -2.04. The van der Waals surface area contributed by atoms with Crippen molar-refractivity contribution in [2.45, 2.75) is 25.8 Å². The molecule has 0 bridgehead atoms. The van der Waals surface area contributed by atoms with Gasteiger partial charge in [-0.05, 0) is 24.3 Å². The fourth-order valence-electron chi connectivity index (χ4n) is 0.831. The van der Waals surface area contributed by atoms with Crippen LogP contribution >= 0.6 is 11.3 Å². The monoisotopic (exact) mass is 155 g/mol.